The Kier molecular flexibility index (Phi) is 3.92. The number of hydrogen-bond acceptors (Lipinski definition) is 3. The lowest BCUT2D eigenvalue weighted by Gasteiger charge is -2.09. The molecule has 0 atom stereocenters. The molecule has 19 heavy (non-hydrogen) atoms. The largest absolute Gasteiger partial charge is 0.478 e. The molecule has 3 nitrogen and oxygen atoms in total. The Bertz CT molecular complexity index is 636. The molecule has 0 amide bonds. The van der Waals surface area contributed by atoms with Gasteiger partial charge in [0.15, 0.2) is 0 Å². The summed E-state index contributed by atoms with van der Waals surface area (Å²) in [6.45, 7) is 0. The van der Waals surface area contributed by atoms with Gasteiger partial charge in [0, 0.05) is 16.7 Å². The van der Waals surface area contributed by atoms with E-state index in [0.29, 0.717) is 16.1 Å². The zero-order valence-electron chi connectivity index (χ0n) is 10.1. The Labute approximate surface area is 116 Å². The fourth-order valence-corrected chi connectivity index (χ4v) is 1.97. The van der Waals surface area contributed by atoms with Crippen molar-refractivity contribution in [3.63, 3.8) is 0 Å². The summed E-state index contributed by atoms with van der Waals surface area (Å²) < 4.78 is 0. The van der Waals surface area contributed by atoms with Crippen LogP contribution in [-0.2, 0) is 4.79 Å². The second-order valence-electron chi connectivity index (χ2n) is 4.04. The SMILES string of the molecule is Nc1cc(-c2ccccc2)cc(C=CC(=O)O)c1S. The molecule has 0 radical (unpaired) electrons. The molecule has 0 aliphatic rings. The lowest BCUT2D eigenvalue weighted by molar-refractivity contribution is -0.131. The average molecular weight is 271 g/mol. The fourth-order valence-electron chi connectivity index (χ4n) is 1.77. The van der Waals surface area contributed by atoms with Crippen LogP contribution in [0.1, 0.15) is 5.56 Å². The molecule has 0 saturated heterocycles. The van der Waals surface area contributed by atoms with Gasteiger partial charge in [-0.25, -0.2) is 4.79 Å². The number of carbonyl (C=O) groups is 1. The molecule has 3 N–H and O–H groups in total. The van der Waals surface area contributed by atoms with Crippen LogP contribution in [-0.4, -0.2) is 11.1 Å². The molecule has 2 aromatic rings. The summed E-state index contributed by atoms with van der Waals surface area (Å²) in [5.41, 5.74) is 9.07. The zero-order valence-corrected chi connectivity index (χ0v) is 11.0. The lowest BCUT2D eigenvalue weighted by atomic mass is 10.0. The van der Waals surface area contributed by atoms with Gasteiger partial charge in [-0.3, -0.25) is 0 Å². The van der Waals surface area contributed by atoms with E-state index in [2.05, 4.69) is 12.6 Å². The highest BCUT2D eigenvalue weighted by atomic mass is 32.1. The highest BCUT2D eigenvalue weighted by molar-refractivity contribution is 7.80. The zero-order chi connectivity index (χ0) is 13.8. The minimum Gasteiger partial charge on any atom is -0.478 e. The van der Waals surface area contributed by atoms with Gasteiger partial charge >= 0.3 is 5.97 Å². The van der Waals surface area contributed by atoms with Crippen LogP contribution in [0.25, 0.3) is 17.2 Å². The van der Waals surface area contributed by atoms with Gasteiger partial charge in [0.1, 0.15) is 0 Å². The van der Waals surface area contributed by atoms with Crippen molar-refractivity contribution in [1.29, 1.82) is 0 Å². The van der Waals surface area contributed by atoms with E-state index in [4.69, 9.17) is 10.8 Å². The molecule has 2 rings (SSSR count). The molecule has 0 fully saturated rings. The maximum absolute atomic E-state index is 10.6. The second-order valence-corrected chi connectivity index (χ2v) is 4.49. The standard InChI is InChI=1S/C15H13NO2S/c16-13-9-12(10-4-2-1-3-5-10)8-11(15(13)19)6-7-14(17)18/h1-9,19H,16H2,(H,17,18). The summed E-state index contributed by atoms with van der Waals surface area (Å²) in [6.07, 6.45) is 2.57. The normalized spacial score (nSPS) is 10.8. The van der Waals surface area contributed by atoms with Crippen LogP contribution in [0.3, 0.4) is 0 Å². The highest BCUT2D eigenvalue weighted by Crippen LogP contribution is 2.30. The van der Waals surface area contributed by atoms with Crippen molar-refractivity contribution >= 4 is 30.4 Å². The van der Waals surface area contributed by atoms with Gasteiger partial charge < -0.3 is 10.8 Å². The first-order valence-electron chi connectivity index (χ1n) is 5.67. The van der Waals surface area contributed by atoms with Gasteiger partial charge in [0.05, 0.1) is 0 Å². The van der Waals surface area contributed by atoms with Crippen LogP contribution in [0, 0.1) is 0 Å². The fraction of sp³-hybridized carbons (Fsp3) is 0. The Morgan fingerprint density at radius 3 is 2.47 bits per heavy atom. The van der Waals surface area contributed by atoms with E-state index in [1.54, 1.807) is 0 Å². The minimum atomic E-state index is -1.00. The van der Waals surface area contributed by atoms with Gasteiger partial charge in [0.2, 0.25) is 0 Å². The predicted octanol–water partition coefficient (Wildman–Crippen LogP) is 3.32. The van der Waals surface area contributed by atoms with E-state index in [0.717, 1.165) is 17.2 Å². The first-order valence-corrected chi connectivity index (χ1v) is 6.11. The van der Waals surface area contributed by atoms with Crippen molar-refractivity contribution in [3.8, 4) is 11.1 Å². The third-order valence-corrected chi connectivity index (χ3v) is 3.20. The number of rotatable bonds is 3. The summed E-state index contributed by atoms with van der Waals surface area (Å²) in [4.78, 5) is 11.2. The van der Waals surface area contributed by atoms with E-state index in [-0.39, 0.29) is 0 Å². The minimum absolute atomic E-state index is 0.523. The third-order valence-electron chi connectivity index (χ3n) is 2.68. The Morgan fingerprint density at radius 1 is 1.16 bits per heavy atom. The molecule has 0 spiro atoms. The molecule has 0 heterocycles. The topological polar surface area (TPSA) is 63.3 Å². The Hall–Kier alpha value is -2.20. The lowest BCUT2D eigenvalue weighted by Crippen LogP contribution is -1.93. The van der Waals surface area contributed by atoms with E-state index in [1.165, 1.54) is 6.08 Å². The summed E-state index contributed by atoms with van der Waals surface area (Å²) in [6, 6.07) is 13.4. The van der Waals surface area contributed by atoms with Crippen LogP contribution < -0.4 is 5.73 Å². The van der Waals surface area contributed by atoms with E-state index < -0.39 is 5.97 Å². The number of aliphatic carboxylic acids is 1. The molecular weight excluding hydrogens is 258 g/mol. The first kappa shape index (κ1) is 13.2. The monoisotopic (exact) mass is 271 g/mol. The molecule has 4 heteroatoms. The van der Waals surface area contributed by atoms with Crippen LogP contribution in [0.5, 0.6) is 0 Å². The van der Waals surface area contributed by atoms with Gasteiger partial charge in [-0.2, -0.15) is 0 Å². The summed E-state index contributed by atoms with van der Waals surface area (Å²) >= 11 is 4.30. The summed E-state index contributed by atoms with van der Waals surface area (Å²) in [5, 5.41) is 8.68. The number of thiol groups is 1. The van der Waals surface area contributed by atoms with E-state index in [1.807, 2.05) is 42.5 Å². The Morgan fingerprint density at radius 2 is 1.84 bits per heavy atom. The van der Waals surface area contributed by atoms with Crippen LogP contribution in [0.15, 0.2) is 53.4 Å². The molecular formula is C15H13NO2S. The van der Waals surface area contributed by atoms with Crippen LogP contribution in [0.2, 0.25) is 0 Å². The number of carboxylic acids is 1. The molecule has 0 bridgehead atoms. The number of nitrogen functional groups attached to an aromatic ring is 1. The second kappa shape index (κ2) is 5.63. The Balaban J connectivity index is 2.51. The predicted molar refractivity (Wildman–Crippen MR) is 80.2 cm³/mol. The maximum atomic E-state index is 10.6. The number of hydrogen-bond donors (Lipinski definition) is 3. The molecule has 0 saturated carbocycles. The summed E-state index contributed by atoms with van der Waals surface area (Å²) in [7, 11) is 0. The average Bonchev–Trinajstić information content (AvgIpc) is 2.41. The van der Waals surface area contributed by atoms with Crippen molar-refractivity contribution in [2.75, 3.05) is 5.73 Å². The smallest absolute Gasteiger partial charge is 0.328 e. The molecule has 0 aliphatic carbocycles. The first-order chi connectivity index (χ1) is 9.08. The van der Waals surface area contributed by atoms with Gasteiger partial charge in [0.25, 0.3) is 0 Å². The summed E-state index contributed by atoms with van der Waals surface area (Å²) in [5.74, 6) is -1.00. The molecule has 2 aromatic carbocycles. The van der Waals surface area contributed by atoms with Gasteiger partial charge in [-0.1, -0.05) is 30.3 Å². The van der Waals surface area contributed by atoms with Gasteiger partial charge in [-0.15, -0.1) is 12.6 Å². The van der Waals surface area contributed by atoms with Crippen molar-refractivity contribution < 1.29 is 9.90 Å². The number of anilines is 1. The van der Waals surface area contributed by atoms with E-state index in [9.17, 15) is 4.79 Å². The van der Waals surface area contributed by atoms with E-state index >= 15 is 0 Å². The third kappa shape index (κ3) is 3.17. The number of benzene rings is 2. The molecule has 0 aromatic heterocycles. The molecule has 0 unspecified atom stereocenters. The molecule has 96 valence electrons. The van der Waals surface area contributed by atoms with Crippen LogP contribution >= 0.6 is 12.6 Å². The van der Waals surface area contributed by atoms with Gasteiger partial charge in [-0.05, 0) is 34.9 Å². The van der Waals surface area contributed by atoms with Crippen LogP contribution in [0.4, 0.5) is 5.69 Å². The number of carboxylic acid groups (broad SMARTS) is 1. The van der Waals surface area contributed by atoms with Crippen molar-refractivity contribution in [2.24, 2.45) is 0 Å². The number of nitrogens with two attached hydrogens (primary N) is 1. The maximum Gasteiger partial charge on any atom is 0.328 e. The molecule has 0 aliphatic heterocycles. The highest BCUT2D eigenvalue weighted by Gasteiger charge is 2.05. The van der Waals surface area contributed by atoms with Crippen molar-refractivity contribution in [2.45, 2.75) is 4.90 Å². The van der Waals surface area contributed by atoms with Crippen molar-refractivity contribution in [1.82, 2.24) is 0 Å². The quantitative estimate of drug-likeness (QED) is 0.456. The van der Waals surface area contributed by atoms with Crippen molar-refractivity contribution in [3.05, 3.63) is 54.1 Å².